The van der Waals surface area contributed by atoms with Crippen LogP contribution >= 0.6 is 0 Å². The molecule has 2 aliphatic rings. The lowest BCUT2D eigenvalue weighted by atomic mass is 10.2. The molecular formula is C26H34N2O5+2. The second-order valence-corrected chi connectivity index (χ2v) is 8.00. The van der Waals surface area contributed by atoms with Gasteiger partial charge in [0.25, 0.3) is 0 Å². The zero-order chi connectivity index (χ0) is 22.6. The summed E-state index contributed by atoms with van der Waals surface area (Å²) in [4.78, 5) is 0. The quantitative estimate of drug-likeness (QED) is 0.407. The second-order valence-electron chi connectivity index (χ2n) is 8.00. The van der Waals surface area contributed by atoms with Gasteiger partial charge in [0.05, 0.1) is 13.2 Å². The zero-order valence-electron chi connectivity index (χ0n) is 19.2. The highest BCUT2D eigenvalue weighted by Crippen LogP contribution is 2.12. The Hall–Kier alpha value is -2.74. The molecule has 0 radical (unpaired) electrons. The van der Waals surface area contributed by atoms with Gasteiger partial charge in [-0.25, -0.2) is 9.15 Å². The maximum absolute atomic E-state index is 5.76. The van der Waals surface area contributed by atoms with Crippen LogP contribution in [0, 0.1) is 0 Å². The van der Waals surface area contributed by atoms with Gasteiger partial charge in [-0.3, -0.25) is 0 Å². The standard InChI is InChI=1S/C26H34N2O5/c1-5-25(6-2-23(1)21-27-9-13-29-14-10-27)32-19-17-31-18-20-33-26-7-3-24(4-8-26)22-28-11-15-30-16-12-28/h1-8,21-22H,9-20H2/q+2. The van der Waals surface area contributed by atoms with Crippen LogP contribution < -0.4 is 9.47 Å². The highest BCUT2D eigenvalue weighted by Gasteiger charge is 2.11. The molecule has 4 rings (SSSR count). The number of benzene rings is 2. The van der Waals surface area contributed by atoms with E-state index in [1.54, 1.807) is 0 Å². The molecule has 0 saturated carbocycles. The van der Waals surface area contributed by atoms with Crippen LogP contribution in [-0.4, -0.2) is 101 Å². The molecule has 2 heterocycles. The van der Waals surface area contributed by atoms with Crippen LogP contribution in [0.4, 0.5) is 0 Å². The average molecular weight is 455 g/mol. The number of hydrogen-bond acceptors (Lipinski definition) is 5. The smallest absolute Gasteiger partial charge is 0.170 e. The van der Waals surface area contributed by atoms with Crippen molar-refractivity contribution in [3.05, 3.63) is 59.7 Å². The Kier molecular flexibility index (Phi) is 9.29. The van der Waals surface area contributed by atoms with Crippen LogP contribution in [0.2, 0.25) is 0 Å². The summed E-state index contributed by atoms with van der Waals surface area (Å²) in [5, 5.41) is 0. The van der Waals surface area contributed by atoms with E-state index in [9.17, 15) is 0 Å². The summed E-state index contributed by atoms with van der Waals surface area (Å²) in [5.41, 5.74) is 2.34. The summed E-state index contributed by atoms with van der Waals surface area (Å²) >= 11 is 0. The van der Waals surface area contributed by atoms with Crippen molar-refractivity contribution < 1.29 is 32.8 Å². The molecule has 0 bridgehead atoms. The molecule has 0 atom stereocenters. The molecular weight excluding hydrogens is 420 g/mol. The van der Waals surface area contributed by atoms with Gasteiger partial charge in [0, 0.05) is 11.1 Å². The van der Waals surface area contributed by atoms with Crippen molar-refractivity contribution in [3.8, 4) is 11.5 Å². The molecule has 0 aromatic heterocycles. The molecule has 0 aliphatic carbocycles. The number of rotatable bonds is 10. The summed E-state index contributed by atoms with van der Waals surface area (Å²) in [7, 11) is 0. The normalized spacial score (nSPS) is 16.4. The average Bonchev–Trinajstić information content (AvgIpc) is 2.87. The Morgan fingerprint density at radius 3 is 1.36 bits per heavy atom. The number of ether oxygens (including phenoxy) is 5. The topological polar surface area (TPSA) is 52.2 Å². The molecule has 2 saturated heterocycles. The van der Waals surface area contributed by atoms with Gasteiger partial charge < -0.3 is 23.7 Å². The number of hydrogen-bond donors (Lipinski definition) is 0. The Bertz CT molecular complexity index is 818. The lowest BCUT2D eigenvalue weighted by molar-refractivity contribution is -0.544. The number of morpholine rings is 2. The van der Waals surface area contributed by atoms with Gasteiger partial charge in [-0.05, 0) is 48.5 Å². The first-order valence-electron chi connectivity index (χ1n) is 11.7. The summed E-state index contributed by atoms with van der Waals surface area (Å²) in [5.74, 6) is 1.70. The largest absolute Gasteiger partial charge is 0.491 e. The van der Waals surface area contributed by atoms with Gasteiger partial charge in [0.2, 0.25) is 0 Å². The summed E-state index contributed by atoms with van der Waals surface area (Å²) in [6.45, 7) is 9.03. The van der Waals surface area contributed by atoms with Crippen molar-refractivity contribution in [1.29, 1.82) is 0 Å². The van der Waals surface area contributed by atoms with Crippen LogP contribution in [0.15, 0.2) is 48.5 Å². The second kappa shape index (κ2) is 13.1. The van der Waals surface area contributed by atoms with Crippen LogP contribution in [0.3, 0.4) is 0 Å². The van der Waals surface area contributed by atoms with Crippen molar-refractivity contribution in [2.24, 2.45) is 0 Å². The van der Waals surface area contributed by atoms with E-state index < -0.39 is 0 Å². The van der Waals surface area contributed by atoms with Gasteiger partial charge >= 0.3 is 0 Å². The Labute approximate surface area is 195 Å². The van der Waals surface area contributed by atoms with Gasteiger partial charge in [0.1, 0.15) is 51.1 Å². The van der Waals surface area contributed by atoms with Crippen LogP contribution in [-0.2, 0) is 14.2 Å². The van der Waals surface area contributed by atoms with Crippen molar-refractivity contribution in [1.82, 2.24) is 0 Å². The predicted molar refractivity (Wildman–Crippen MR) is 127 cm³/mol. The lowest BCUT2D eigenvalue weighted by Crippen LogP contribution is -2.29. The molecule has 2 aliphatic heterocycles. The van der Waals surface area contributed by atoms with Crippen molar-refractivity contribution in [3.63, 3.8) is 0 Å². The molecule has 2 aromatic carbocycles. The minimum absolute atomic E-state index is 0.512. The van der Waals surface area contributed by atoms with Crippen LogP contribution in [0.25, 0.3) is 0 Å². The summed E-state index contributed by atoms with van der Waals surface area (Å²) < 4.78 is 32.5. The van der Waals surface area contributed by atoms with E-state index in [0.717, 1.165) is 64.1 Å². The maximum Gasteiger partial charge on any atom is 0.170 e. The summed E-state index contributed by atoms with van der Waals surface area (Å²) in [6, 6.07) is 16.3. The van der Waals surface area contributed by atoms with E-state index in [2.05, 4.69) is 45.8 Å². The predicted octanol–water partition coefficient (Wildman–Crippen LogP) is 2.08. The highest BCUT2D eigenvalue weighted by molar-refractivity contribution is 5.76. The van der Waals surface area contributed by atoms with Crippen molar-refractivity contribution >= 4 is 12.4 Å². The Morgan fingerprint density at radius 2 is 0.970 bits per heavy atom. The molecule has 0 N–H and O–H groups in total. The fraction of sp³-hybridized carbons (Fsp3) is 0.462. The summed E-state index contributed by atoms with van der Waals surface area (Å²) in [6.07, 6.45) is 4.34. The fourth-order valence-electron chi connectivity index (χ4n) is 3.67. The van der Waals surface area contributed by atoms with Crippen molar-refractivity contribution in [2.45, 2.75) is 0 Å². The van der Waals surface area contributed by atoms with E-state index in [0.29, 0.717) is 26.4 Å². The van der Waals surface area contributed by atoms with E-state index in [4.69, 9.17) is 23.7 Å². The zero-order valence-corrected chi connectivity index (χ0v) is 19.2. The molecule has 2 fully saturated rings. The van der Waals surface area contributed by atoms with Gasteiger partial charge in [0.15, 0.2) is 38.6 Å². The molecule has 2 aromatic rings. The van der Waals surface area contributed by atoms with E-state index in [1.165, 1.54) is 11.1 Å². The molecule has 0 unspecified atom stereocenters. The monoisotopic (exact) mass is 454 g/mol. The first kappa shape index (κ1) is 23.4. The van der Waals surface area contributed by atoms with Gasteiger partial charge in [-0.15, -0.1) is 0 Å². The van der Waals surface area contributed by atoms with E-state index in [-0.39, 0.29) is 0 Å². The SMILES string of the molecule is C(c1ccc(OCCOCCOc2ccc(C=[N+]3CCOCC3)cc2)cc1)=[N+]1CCOCC1. The molecule has 7 nitrogen and oxygen atoms in total. The fourth-order valence-corrected chi connectivity index (χ4v) is 3.67. The lowest BCUT2D eigenvalue weighted by Gasteiger charge is -2.11. The first-order valence-corrected chi connectivity index (χ1v) is 11.7. The van der Waals surface area contributed by atoms with Gasteiger partial charge in [-0.1, -0.05) is 0 Å². The van der Waals surface area contributed by atoms with Crippen LogP contribution in [0.1, 0.15) is 11.1 Å². The minimum Gasteiger partial charge on any atom is -0.491 e. The molecule has 7 heteroatoms. The minimum atomic E-state index is 0.512. The van der Waals surface area contributed by atoms with Gasteiger partial charge in [-0.2, -0.15) is 0 Å². The maximum atomic E-state index is 5.76. The Morgan fingerprint density at radius 1 is 0.576 bits per heavy atom. The van der Waals surface area contributed by atoms with Crippen molar-refractivity contribution in [2.75, 3.05) is 79.0 Å². The molecule has 0 spiro atoms. The number of nitrogens with zero attached hydrogens (tertiary/aromatic N) is 2. The van der Waals surface area contributed by atoms with Crippen LogP contribution in [0.5, 0.6) is 11.5 Å². The highest BCUT2D eigenvalue weighted by atomic mass is 16.5. The third-order valence-corrected chi connectivity index (χ3v) is 5.51. The van der Waals surface area contributed by atoms with E-state index >= 15 is 0 Å². The molecule has 0 amide bonds. The Balaban J connectivity index is 1.07. The van der Waals surface area contributed by atoms with E-state index in [1.807, 2.05) is 24.3 Å². The molecule has 176 valence electrons. The first-order chi connectivity index (χ1) is 16.3. The third-order valence-electron chi connectivity index (χ3n) is 5.51. The molecule has 33 heavy (non-hydrogen) atoms. The third kappa shape index (κ3) is 8.28.